The predicted octanol–water partition coefficient (Wildman–Crippen LogP) is 1.42. The summed E-state index contributed by atoms with van der Waals surface area (Å²) < 4.78 is 0. The lowest BCUT2D eigenvalue weighted by Gasteiger charge is -2.06. The van der Waals surface area contributed by atoms with Gasteiger partial charge < -0.3 is 5.11 Å². The Morgan fingerprint density at radius 1 is 1.29 bits per heavy atom. The molecule has 0 bridgehead atoms. The van der Waals surface area contributed by atoms with Crippen LogP contribution in [-0.4, -0.2) is 22.8 Å². The Labute approximate surface area is 84.1 Å². The molecule has 0 aliphatic carbocycles. The minimum atomic E-state index is -1.03. The second-order valence-corrected chi connectivity index (χ2v) is 3.02. The van der Waals surface area contributed by atoms with Crippen molar-refractivity contribution in [3.05, 3.63) is 25.3 Å². The van der Waals surface area contributed by atoms with E-state index in [-0.39, 0.29) is 30.8 Å². The minimum absolute atomic E-state index is 0.152. The highest BCUT2D eigenvalue weighted by molar-refractivity contribution is 5.90. The van der Waals surface area contributed by atoms with Crippen molar-refractivity contribution >= 4 is 11.6 Å². The van der Waals surface area contributed by atoms with Crippen LogP contribution >= 0.6 is 0 Å². The number of Topliss-reactive ketones (excluding diaryl/α,β-unsaturated/α-hetero) is 1. The first-order valence-electron chi connectivity index (χ1n) is 4.58. The summed E-state index contributed by atoms with van der Waals surface area (Å²) in [7, 11) is 0. The molecule has 1 unspecified atom stereocenters. The summed E-state index contributed by atoms with van der Waals surface area (Å²) in [5, 5.41) is 9.32. The van der Waals surface area contributed by atoms with Gasteiger partial charge in [-0.3, -0.25) is 9.59 Å². The molecule has 0 aromatic carbocycles. The van der Waals surface area contributed by atoms with Gasteiger partial charge in [0.25, 0.3) is 0 Å². The van der Waals surface area contributed by atoms with E-state index in [9.17, 15) is 14.7 Å². The van der Waals surface area contributed by atoms with Crippen LogP contribution in [0.4, 0.5) is 0 Å². The standard InChI is InChI=1S/C11H16O3/c1-3-5-6-10(13)11(14)8-7-9(12)4-2/h3-4,11,14H,1-2,5-8H2. The normalized spacial score (nSPS) is 11.8. The van der Waals surface area contributed by atoms with E-state index in [0.717, 1.165) is 0 Å². The predicted molar refractivity (Wildman–Crippen MR) is 54.9 cm³/mol. The van der Waals surface area contributed by atoms with E-state index in [2.05, 4.69) is 13.2 Å². The molecule has 0 aromatic heterocycles. The van der Waals surface area contributed by atoms with Crippen LogP contribution in [0.5, 0.6) is 0 Å². The van der Waals surface area contributed by atoms with Gasteiger partial charge in [0.05, 0.1) is 0 Å². The summed E-state index contributed by atoms with van der Waals surface area (Å²) in [6, 6.07) is 0. The average molecular weight is 196 g/mol. The van der Waals surface area contributed by atoms with Gasteiger partial charge in [-0.2, -0.15) is 0 Å². The molecule has 0 amide bonds. The molecule has 1 atom stereocenters. The van der Waals surface area contributed by atoms with Crippen molar-refractivity contribution in [3.63, 3.8) is 0 Å². The maximum absolute atomic E-state index is 11.2. The second kappa shape index (κ2) is 7.21. The smallest absolute Gasteiger partial charge is 0.161 e. The Morgan fingerprint density at radius 3 is 2.43 bits per heavy atom. The fourth-order valence-electron chi connectivity index (χ4n) is 0.953. The van der Waals surface area contributed by atoms with Gasteiger partial charge >= 0.3 is 0 Å². The molecule has 0 saturated heterocycles. The number of carbonyl (C=O) groups excluding carboxylic acids is 2. The summed E-state index contributed by atoms with van der Waals surface area (Å²) in [5.74, 6) is -0.387. The Morgan fingerprint density at radius 2 is 1.93 bits per heavy atom. The maximum Gasteiger partial charge on any atom is 0.161 e. The van der Waals surface area contributed by atoms with E-state index in [4.69, 9.17) is 0 Å². The van der Waals surface area contributed by atoms with E-state index < -0.39 is 6.10 Å². The number of carbonyl (C=O) groups is 2. The molecule has 0 aliphatic heterocycles. The third-order valence-electron chi connectivity index (χ3n) is 1.86. The molecule has 0 spiro atoms. The molecular formula is C11H16O3. The highest BCUT2D eigenvalue weighted by atomic mass is 16.3. The number of aliphatic hydroxyl groups excluding tert-OH is 1. The first kappa shape index (κ1) is 12.8. The van der Waals surface area contributed by atoms with E-state index >= 15 is 0 Å². The first-order chi connectivity index (χ1) is 6.61. The molecule has 0 saturated carbocycles. The molecule has 3 heteroatoms. The van der Waals surface area contributed by atoms with E-state index in [0.29, 0.717) is 6.42 Å². The molecular weight excluding hydrogens is 180 g/mol. The number of hydrogen-bond acceptors (Lipinski definition) is 3. The number of aliphatic hydroxyl groups is 1. The van der Waals surface area contributed by atoms with Crippen LogP contribution < -0.4 is 0 Å². The number of ketones is 2. The van der Waals surface area contributed by atoms with E-state index in [1.165, 1.54) is 6.08 Å². The molecule has 14 heavy (non-hydrogen) atoms. The molecule has 0 fully saturated rings. The topological polar surface area (TPSA) is 54.4 Å². The average Bonchev–Trinajstić information content (AvgIpc) is 2.21. The number of rotatable bonds is 8. The van der Waals surface area contributed by atoms with Crippen LogP contribution in [0.25, 0.3) is 0 Å². The van der Waals surface area contributed by atoms with Crippen LogP contribution in [0.3, 0.4) is 0 Å². The van der Waals surface area contributed by atoms with Crippen LogP contribution in [0.15, 0.2) is 25.3 Å². The van der Waals surface area contributed by atoms with Crippen molar-refractivity contribution in [1.29, 1.82) is 0 Å². The molecule has 3 nitrogen and oxygen atoms in total. The Kier molecular flexibility index (Phi) is 6.58. The lowest BCUT2D eigenvalue weighted by atomic mass is 10.0. The van der Waals surface area contributed by atoms with Gasteiger partial charge in [-0.25, -0.2) is 0 Å². The van der Waals surface area contributed by atoms with Gasteiger partial charge in [-0.1, -0.05) is 12.7 Å². The quantitative estimate of drug-likeness (QED) is 0.472. The SMILES string of the molecule is C=CCCC(=O)C(O)CCC(=O)C=C. The van der Waals surface area contributed by atoms with Gasteiger partial charge in [-0.15, -0.1) is 6.58 Å². The van der Waals surface area contributed by atoms with Gasteiger partial charge in [-0.05, 0) is 18.9 Å². The van der Waals surface area contributed by atoms with Crippen molar-refractivity contribution in [1.82, 2.24) is 0 Å². The van der Waals surface area contributed by atoms with E-state index in [1.54, 1.807) is 6.08 Å². The van der Waals surface area contributed by atoms with E-state index in [1.807, 2.05) is 0 Å². The Bertz CT molecular complexity index is 231. The highest BCUT2D eigenvalue weighted by Gasteiger charge is 2.14. The monoisotopic (exact) mass is 196 g/mol. The molecule has 0 heterocycles. The number of allylic oxidation sites excluding steroid dienone is 2. The van der Waals surface area contributed by atoms with Crippen molar-refractivity contribution in [2.75, 3.05) is 0 Å². The maximum atomic E-state index is 11.2. The zero-order valence-electron chi connectivity index (χ0n) is 8.24. The van der Waals surface area contributed by atoms with Crippen LogP contribution in [0, 0.1) is 0 Å². The fourth-order valence-corrected chi connectivity index (χ4v) is 0.953. The summed E-state index contributed by atoms with van der Waals surface area (Å²) in [6.07, 6.45) is 2.99. The van der Waals surface area contributed by atoms with Gasteiger partial charge in [0.1, 0.15) is 6.10 Å². The first-order valence-corrected chi connectivity index (χ1v) is 4.58. The summed E-state index contributed by atoms with van der Waals surface area (Å²) >= 11 is 0. The van der Waals surface area contributed by atoms with Crippen LogP contribution in [0.1, 0.15) is 25.7 Å². The van der Waals surface area contributed by atoms with Crippen molar-refractivity contribution in [3.8, 4) is 0 Å². The zero-order chi connectivity index (χ0) is 11.0. The summed E-state index contributed by atoms with van der Waals surface area (Å²) in [4.78, 5) is 22.0. The number of hydrogen-bond donors (Lipinski definition) is 1. The van der Waals surface area contributed by atoms with Crippen LogP contribution in [-0.2, 0) is 9.59 Å². The molecule has 0 aliphatic rings. The lowest BCUT2D eigenvalue weighted by Crippen LogP contribution is -2.20. The molecule has 1 N–H and O–H groups in total. The highest BCUT2D eigenvalue weighted by Crippen LogP contribution is 2.04. The van der Waals surface area contributed by atoms with Crippen molar-refractivity contribution in [2.24, 2.45) is 0 Å². The van der Waals surface area contributed by atoms with Crippen molar-refractivity contribution < 1.29 is 14.7 Å². The van der Waals surface area contributed by atoms with Crippen LogP contribution in [0.2, 0.25) is 0 Å². The molecule has 78 valence electrons. The summed E-state index contributed by atoms with van der Waals surface area (Å²) in [6.45, 7) is 6.78. The second-order valence-electron chi connectivity index (χ2n) is 3.02. The lowest BCUT2D eigenvalue weighted by molar-refractivity contribution is -0.127. The third kappa shape index (κ3) is 5.43. The molecule has 0 aromatic rings. The van der Waals surface area contributed by atoms with Gasteiger partial charge in [0.15, 0.2) is 11.6 Å². The van der Waals surface area contributed by atoms with Gasteiger partial charge in [0.2, 0.25) is 0 Å². The summed E-state index contributed by atoms with van der Waals surface area (Å²) in [5.41, 5.74) is 0. The minimum Gasteiger partial charge on any atom is -0.385 e. The Balaban J connectivity index is 3.77. The van der Waals surface area contributed by atoms with Gasteiger partial charge in [0, 0.05) is 12.8 Å². The third-order valence-corrected chi connectivity index (χ3v) is 1.86. The zero-order valence-corrected chi connectivity index (χ0v) is 8.24. The fraction of sp³-hybridized carbons (Fsp3) is 0.455. The largest absolute Gasteiger partial charge is 0.385 e. The molecule has 0 radical (unpaired) electrons. The Hall–Kier alpha value is -1.22. The van der Waals surface area contributed by atoms with Crippen molar-refractivity contribution in [2.45, 2.75) is 31.8 Å². The molecule has 0 rings (SSSR count).